The number of nitrogens with zero attached hydrogens (tertiary/aromatic N) is 1. The summed E-state index contributed by atoms with van der Waals surface area (Å²) >= 11 is 5.95. The molecule has 0 saturated carbocycles. The fourth-order valence-electron chi connectivity index (χ4n) is 2.93. The van der Waals surface area contributed by atoms with Crippen molar-refractivity contribution in [2.75, 3.05) is 18.4 Å². The number of nitrogens with one attached hydrogen (secondary N) is 2. The van der Waals surface area contributed by atoms with Gasteiger partial charge in [-0.3, -0.25) is 9.78 Å². The standard InChI is InChI=1S/C23H24ClN3O2/c24-19-5-3-4-18(14-19)22(28)16-25-13-11-17-7-9-20(10-8-17)27-23(29)15-21-6-1-2-12-26-21/h1-10,12,14,22,25,28H,11,13,15-16H2,(H,27,29)/t22-/m0/s1. The van der Waals surface area contributed by atoms with Crippen molar-refractivity contribution < 1.29 is 9.90 Å². The van der Waals surface area contributed by atoms with Crippen LogP contribution in [0.3, 0.4) is 0 Å². The number of aliphatic hydroxyl groups excluding tert-OH is 1. The molecule has 0 spiro atoms. The smallest absolute Gasteiger partial charge is 0.230 e. The molecule has 5 nitrogen and oxygen atoms in total. The van der Waals surface area contributed by atoms with Gasteiger partial charge in [0.2, 0.25) is 5.91 Å². The first kappa shape index (κ1) is 21.0. The minimum absolute atomic E-state index is 0.0897. The number of halogens is 1. The van der Waals surface area contributed by atoms with Crippen LogP contribution in [0.15, 0.2) is 72.9 Å². The highest BCUT2D eigenvalue weighted by atomic mass is 35.5. The number of carbonyl (C=O) groups is 1. The average Bonchev–Trinajstić information content (AvgIpc) is 2.73. The fourth-order valence-corrected chi connectivity index (χ4v) is 3.13. The van der Waals surface area contributed by atoms with Crippen LogP contribution in [0.2, 0.25) is 5.02 Å². The van der Waals surface area contributed by atoms with E-state index < -0.39 is 6.10 Å². The fraction of sp³-hybridized carbons (Fsp3) is 0.217. The molecular formula is C23H24ClN3O2. The molecule has 0 aliphatic carbocycles. The van der Waals surface area contributed by atoms with E-state index >= 15 is 0 Å². The Hall–Kier alpha value is -2.73. The summed E-state index contributed by atoms with van der Waals surface area (Å²) in [6.07, 6.45) is 2.16. The highest BCUT2D eigenvalue weighted by molar-refractivity contribution is 6.30. The lowest BCUT2D eigenvalue weighted by Gasteiger charge is -2.12. The van der Waals surface area contributed by atoms with Crippen molar-refractivity contribution in [2.45, 2.75) is 18.9 Å². The zero-order valence-electron chi connectivity index (χ0n) is 16.0. The molecule has 3 aromatic rings. The molecule has 2 aromatic carbocycles. The summed E-state index contributed by atoms with van der Waals surface area (Å²) in [5.41, 5.74) is 3.46. The molecule has 0 fully saturated rings. The Bertz CT molecular complexity index is 917. The van der Waals surface area contributed by atoms with E-state index in [9.17, 15) is 9.90 Å². The average molecular weight is 410 g/mol. The maximum absolute atomic E-state index is 12.1. The molecule has 150 valence electrons. The van der Waals surface area contributed by atoms with Crippen LogP contribution in [0.4, 0.5) is 5.69 Å². The molecular weight excluding hydrogens is 386 g/mol. The summed E-state index contributed by atoms with van der Waals surface area (Å²) in [6.45, 7) is 1.20. The second-order valence-corrected chi connectivity index (χ2v) is 7.20. The van der Waals surface area contributed by atoms with E-state index in [1.807, 2.05) is 54.6 Å². The number of amides is 1. The van der Waals surface area contributed by atoms with Gasteiger partial charge in [0.05, 0.1) is 12.5 Å². The molecule has 0 saturated heterocycles. The van der Waals surface area contributed by atoms with Gasteiger partial charge in [-0.05, 0) is 60.5 Å². The summed E-state index contributed by atoms with van der Waals surface area (Å²) in [5.74, 6) is -0.0897. The Morgan fingerprint density at radius 1 is 1.07 bits per heavy atom. The lowest BCUT2D eigenvalue weighted by Crippen LogP contribution is -2.23. The van der Waals surface area contributed by atoms with E-state index in [-0.39, 0.29) is 12.3 Å². The van der Waals surface area contributed by atoms with Gasteiger partial charge in [-0.1, -0.05) is 41.9 Å². The largest absolute Gasteiger partial charge is 0.387 e. The molecule has 1 aromatic heterocycles. The second kappa shape index (κ2) is 10.7. The van der Waals surface area contributed by atoms with Crippen LogP contribution in [0, 0.1) is 0 Å². The molecule has 3 N–H and O–H groups in total. The first-order chi connectivity index (χ1) is 14.1. The van der Waals surface area contributed by atoms with Gasteiger partial charge < -0.3 is 15.7 Å². The van der Waals surface area contributed by atoms with Crippen molar-refractivity contribution in [2.24, 2.45) is 0 Å². The number of hydrogen-bond acceptors (Lipinski definition) is 4. The van der Waals surface area contributed by atoms with Gasteiger partial charge in [0.25, 0.3) is 0 Å². The Morgan fingerprint density at radius 3 is 2.62 bits per heavy atom. The van der Waals surface area contributed by atoms with E-state index in [1.54, 1.807) is 18.3 Å². The lowest BCUT2D eigenvalue weighted by atomic mass is 10.1. The van der Waals surface area contributed by atoms with Crippen LogP contribution < -0.4 is 10.6 Å². The molecule has 0 aliphatic heterocycles. The maximum atomic E-state index is 12.1. The molecule has 1 atom stereocenters. The van der Waals surface area contributed by atoms with Gasteiger partial charge in [0, 0.05) is 29.1 Å². The molecule has 0 radical (unpaired) electrons. The van der Waals surface area contributed by atoms with Crippen molar-refractivity contribution in [3.8, 4) is 0 Å². The monoisotopic (exact) mass is 409 g/mol. The minimum atomic E-state index is -0.592. The summed E-state index contributed by atoms with van der Waals surface area (Å²) in [6, 6.07) is 20.6. The number of aliphatic hydroxyl groups is 1. The van der Waals surface area contributed by atoms with Crippen molar-refractivity contribution in [1.82, 2.24) is 10.3 Å². The quantitative estimate of drug-likeness (QED) is 0.470. The van der Waals surface area contributed by atoms with Crippen molar-refractivity contribution in [1.29, 1.82) is 0 Å². The molecule has 6 heteroatoms. The van der Waals surface area contributed by atoms with Gasteiger partial charge in [0.15, 0.2) is 0 Å². The normalized spacial score (nSPS) is 11.8. The van der Waals surface area contributed by atoms with Crippen molar-refractivity contribution in [3.63, 3.8) is 0 Å². The first-order valence-electron chi connectivity index (χ1n) is 9.53. The number of rotatable bonds is 9. The van der Waals surface area contributed by atoms with E-state index in [2.05, 4.69) is 15.6 Å². The number of anilines is 1. The zero-order chi connectivity index (χ0) is 20.5. The lowest BCUT2D eigenvalue weighted by molar-refractivity contribution is -0.115. The zero-order valence-corrected chi connectivity index (χ0v) is 16.8. The summed E-state index contributed by atoms with van der Waals surface area (Å²) in [7, 11) is 0. The van der Waals surface area contributed by atoms with Gasteiger partial charge >= 0.3 is 0 Å². The second-order valence-electron chi connectivity index (χ2n) is 6.77. The van der Waals surface area contributed by atoms with Gasteiger partial charge in [-0.2, -0.15) is 0 Å². The van der Waals surface area contributed by atoms with Crippen molar-refractivity contribution in [3.05, 3.63) is 94.8 Å². The molecule has 29 heavy (non-hydrogen) atoms. The van der Waals surface area contributed by atoms with E-state index in [0.29, 0.717) is 11.6 Å². The minimum Gasteiger partial charge on any atom is -0.387 e. The van der Waals surface area contributed by atoms with Crippen LogP contribution in [0.5, 0.6) is 0 Å². The highest BCUT2D eigenvalue weighted by Gasteiger charge is 2.07. The Labute approximate surface area is 175 Å². The molecule has 1 heterocycles. The summed E-state index contributed by atoms with van der Waals surface area (Å²) < 4.78 is 0. The van der Waals surface area contributed by atoms with E-state index in [1.165, 1.54) is 0 Å². The number of aromatic nitrogens is 1. The summed E-state index contributed by atoms with van der Waals surface area (Å²) in [5, 5.41) is 17.0. The van der Waals surface area contributed by atoms with Gasteiger partial charge in [-0.25, -0.2) is 0 Å². The number of carbonyl (C=O) groups excluding carboxylic acids is 1. The third kappa shape index (κ3) is 6.98. The molecule has 3 rings (SSSR count). The first-order valence-corrected chi connectivity index (χ1v) is 9.91. The van der Waals surface area contributed by atoms with E-state index in [4.69, 9.17) is 11.6 Å². The maximum Gasteiger partial charge on any atom is 0.230 e. The number of hydrogen-bond donors (Lipinski definition) is 3. The Morgan fingerprint density at radius 2 is 1.90 bits per heavy atom. The van der Waals surface area contributed by atoms with Crippen molar-refractivity contribution >= 4 is 23.2 Å². The summed E-state index contributed by atoms with van der Waals surface area (Å²) in [4.78, 5) is 16.2. The van der Waals surface area contributed by atoms with Crippen LogP contribution in [-0.4, -0.2) is 29.1 Å². The third-order valence-electron chi connectivity index (χ3n) is 4.47. The molecule has 1 amide bonds. The number of pyridine rings is 1. The highest BCUT2D eigenvalue weighted by Crippen LogP contribution is 2.17. The topological polar surface area (TPSA) is 74.2 Å². The van der Waals surface area contributed by atoms with E-state index in [0.717, 1.165) is 35.5 Å². The predicted octanol–water partition coefficient (Wildman–Crippen LogP) is 3.78. The van der Waals surface area contributed by atoms with Crippen LogP contribution in [0.25, 0.3) is 0 Å². The third-order valence-corrected chi connectivity index (χ3v) is 4.70. The molecule has 0 aliphatic rings. The van der Waals surface area contributed by atoms with Crippen LogP contribution in [0.1, 0.15) is 22.9 Å². The Kier molecular flexibility index (Phi) is 7.76. The SMILES string of the molecule is O=C(Cc1ccccn1)Nc1ccc(CCNC[C@H](O)c2cccc(Cl)c2)cc1. The Balaban J connectivity index is 1.39. The van der Waals surface area contributed by atoms with Crippen LogP contribution in [-0.2, 0) is 17.6 Å². The predicted molar refractivity (Wildman–Crippen MR) is 116 cm³/mol. The van der Waals surface area contributed by atoms with Crippen LogP contribution >= 0.6 is 11.6 Å². The van der Waals surface area contributed by atoms with Gasteiger partial charge in [0.1, 0.15) is 0 Å². The number of benzene rings is 2. The molecule has 0 bridgehead atoms. The van der Waals surface area contributed by atoms with Gasteiger partial charge in [-0.15, -0.1) is 0 Å². The molecule has 0 unspecified atom stereocenters.